The SMILES string of the molecule is ClC(Cl)c1ccc2sc(N3CCCCC3)nc2n1. The molecule has 0 aromatic carbocycles. The van der Waals surface area contributed by atoms with Gasteiger partial charge in [-0.1, -0.05) is 34.5 Å². The first-order chi connectivity index (χ1) is 8.74. The number of thiazole rings is 1. The number of alkyl halides is 2. The van der Waals surface area contributed by atoms with Crippen LogP contribution in [0.2, 0.25) is 0 Å². The molecule has 96 valence electrons. The molecule has 2 aromatic rings. The highest BCUT2D eigenvalue weighted by Gasteiger charge is 2.16. The first-order valence-electron chi connectivity index (χ1n) is 6.04. The molecule has 0 bridgehead atoms. The Morgan fingerprint density at radius 1 is 1.11 bits per heavy atom. The molecule has 3 rings (SSSR count). The van der Waals surface area contributed by atoms with Crippen molar-refractivity contribution in [1.29, 1.82) is 0 Å². The lowest BCUT2D eigenvalue weighted by molar-refractivity contribution is 0.577. The number of piperidine rings is 1. The van der Waals surface area contributed by atoms with E-state index >= 15 is 0 Å². The summed E-state index contributed by atoms with van der Waals surface area (Å²) in [6.07, 6.45) is 3.82. The third-order valence-electron chi connectivity index (χ3n) is 3.11. The van der Waals surface area contributed by atoms with E-state index in [2.05, 4.69) is 14.9 Å². The summed E-state index contributed by atoms with van der Waals surface area (Å²) < 4.78 is 1.09. The van der Waals surface area contributed by atoms with Crippen LogP contribution in [0.3, 0.4) is 0 Å². The number of nitrogens with zero attached hydrogens (tertiary/aromatic N) is 3. The van der Waals surface area contributed by atoms with Gasteiger partial charge in [0, 0.05) is 13.1 Å². The molecule has 0 radical (unpaired) electrons. The van der Waals surface area contributed by atoms with Crippen molar-refractivity contribution >= 4 is 50.0 Å². The number of anilines is 1. The number of hydrogen-bond acceptors (Lipinski definition) is 4. The van der Waals surface area contributed by atoms with Gasteiger partial charge < -0.3 is 4.90 Å². The molecule has 6 heteroatoms. The zero-order chi connectivity index (χ0) is 12.5. The topological polar surface area (TPSA) is 29.0 Å². The number of aromatic nitrogens is 2. The minimum Gasteiger partial charge on any atom is -0.348 e. The molecular weight excluding hydrogens is 289 g/mol. The van der Waals surface area contributed by atoms with E-state index in [9.17, 15) is 0 Å². The zero-order valence-corrected chi connectivity index (χ0v) is 12.1. The van der Waals surface area contributed by atoms with Crippen molar-refractivity contribution in [3.8, 4) is 0 Å². The largest absolute Gasteiger partial charge is 0.348 e. The van der Waals surface area contributed by atoms with E-state index < -0.39 is 4.84 Å². The molecule has 3 heterocycles. The van der Waals surface area contributed by atoms with Crippen LogP contribution in [0.4, 0.5) is 5.13 Å². The second kappa shape index (κ2) is 5.19. The summed E-state index contributed by atoms with van der Waals surface area (Å²) in [7, 11) is 0. The number of pyridine rings is 1. The van der Waals surface area contributed by atoms with Gasteiger partial charge in [-0.15, -0.1) is 0 Å². The standard InChI is InChI=1S/C12H13Cl2N3S/c13-10(14)8-4-5-9-11(15-8)16-12(18-9)17-6-2-1-3-7-17/h4-5,10H,1-3,6-7H2. The van der Waals surface area contributed by atoms with Crippen LogP contribution in [-0.4, -0.2) is 23.1 Å². The molecule has 0 unspecified atom stereocenters. The molecule has 1 fully saturated rings. The monoisotopic (exact) mass is 301 g/mol. The second-order valence-electron chi connectivity index (χ2n) is 4.40. The second-order valence-corrected chi connectivity index (χ2v) is 6.51. The van der Waals surface area contributed by atoms with Crippen LogP contribution in [0.1, 0.15) is 29.8 Å². The predicted octanol–water partition coefficient (Wildman–Crippen LogP) is 4.16. The van der Waals surface area contributed by atoms with Crippen LogP contribution in [0, 0.1) is 0 Å². The molecule has 2 aromatic heterocycles. The Morgan fingerprint density at radius 2 is 1.89 bits per heavy atom. The van der Waals surface area contributed by atoms with Crippen LogP contribution >= 0.6 is 34.5 Å². The molecule has 1 aliphatic heterocycles. The molecule has 3 nitrogen and oxygen atoms in total. The Morgan fingerprint density at radius 3 is 2.61 bits per heavy atom. The van der Waals surface area contributed by atoms with Gasteiger partial charge in [-0.3, -0.25) is 0 Å². The average Bonchev–Trinajstić information content (AvgIpc) is 2.82. The smallest absolute Gasteiger partial charge is 0.188 e. The summed E-state index contributed by atoms with van der Waals surface area (Å²) in [4.78, 5) is 10.7. The van der Waals surface area contributed by atoms with E-state index in [1.165, 1.54) is 19.3 Å². The fourth-order valence-corrected chi connectivity index (χ4v) is 3.37. The number of hydrogen-bond donors (Lipinski definition) is 0. The summed E-state index contributed by atoms with van der Waals surface area (Å²) in [5.41, 5.74) is 1.42. The Hall–Kier alpha value is -0.580. The van der Waals surface area contributed by atoms with Crippen molar-refractivity contribution < 1.29 is 0 Å². The number of fused-ring (bicyclic) bond motifs is 1. The molecule has 0 aliphatic carbocycles. The number of halogens is 2. The van der Waals surface area contributed by atoms with Gasteiger partial charge in [-0.25, -0.2) is 4.98 Å². The molecule has 0 atom stereocenters. The van der Waals surface area contributed by atoms with Crippen LogP contribution < -0.4 is 4.90 Å². The maximum atomic E-state index is 5.83. The summed E-state index contributed by atoms with van der Waals surface area (Å²) in [5, 5.41) is 1.06. The quantitative estimate of drug-likeness (QED) is 0.780. The fourth-order valence-electron chi connectivity index (χ4n) is 2.16. The van der Waals surface area contributed by atoms with Crippen molar-refractivity contribution in [2.45, 2.75) is 24.1 Å². The first-order valence-corrected chi connectivity index (χ1v) is 7.73. The summed E-state index contributed by atoms with van der Waals surface area (Å²) in [6.45, 7) is 2.20. The third kappa shape index (κ3) is 2.42. The maximum Gasteiger partial charge on any atom is 0.188 e. The Balaban J connectivity index is 1.94. The fraction of sp³-hybridized carbons (Fsp3) is 0.500. The van der Waals surface area contributed by atoms with Crippen molar-refractivity contribution in [3.05, 3.63) is 17.8 Å². The highest BCUT2D eigenvalue weighted by atomic mass is 35.5. The van der Waals surface area contributed by atoms with Crippen LogP contribution in [0.5, 0.6) is 0 Å². The van der Waals surface area contributed by atoms with Crippen molar-refractivity contribution in [1.82, 2.24) is 9.97 Å². The van der Waals surface area contributed by atoms with Crippen molar-refractivity contribution in [2.24, 2.45) is 0 Å². The summed E-state index contributed by atoms with van der Waals surface area (Å²) >= 11 is 13.3. The lowest BCUT2D eigenvalue weighted by Gasteiger charge is -2.25. The molecule has 1 saturated heterocycles. The van der Waals surface area contributed by atoms with Gasteiger partial charge in [0.15, 0.2) is 10.8 Å². The zero-order valence-electron chi connectivity index (χ0n) is 9.77. The van der Waals surface area contributed by atoms with Gasteiger partial charge in [-0.2, -0.15) is 4.98 Å². The molecule has 18 heavy (non-hydrogen) atoms. The van der Waals surface area contributed by atoms with Crippen molar-refractivity contribution in [3.63, 3.8) is 0 Å². The first kappa shape index (κ1) is 12.5. The van der Waals surface area contributed by atoms with Gasteiger partial charge >= 0.3 is 0 Å². The highest BCUT2D eigenvalue weighted by molar-refractivity contribution is 7.22. The number of rotatable bonds is 2. The third-order valence-corrected chi connectivity index (χ3v) is 4.63. The lowest BCUT2D eigenvalue weighted by atomic mass is 10.1. The molecule has 0 N–H and O–H groups in total. The van der Waals surface area contributed by atoms with E-state index in [0.29, 0.717) is 5.69 Å². The van der Waals surface area contributed by atoms with Gasteiger partial charge in [0.1, 0.15) is 4.84 Å². The minimum absolute atomic E-state index is 0.588. The lowest BCUT2D eigenvalue weighted by Crippen LogP contribution is -2.29. The van der Waals surface area contributed by atoms with E-state index in [1.54, 1.807) is 11.3 Å². The van der Waals surface area contributed by atoms with Crippen LogP contribution in [0.15, 0.2) is 12.1 Å². The van der Waals surface area contributed by atoms with Gasteiger partial charge in [0.25, 0.3) is 0 Å². The summed E-state index contributed by atoms with van der Waals surface area (Å²) in [5.74, 6) is 0. The van der Waals surface area contributed by atoms with Crippen LogP contribution in [-0.2, 0) is 0 Å². The molecule has 0 amide bonds. The normalized spacial score (nSPS) is 16.7. The Kier molecular flexibility index (Phi) is 3.59. The van der Waals surface area contributed by atoms with Crippen LogP contribution in [0.25, 0.3) is 10.3 Å². The molecule has 0 spiro atoms. The molecular formula is C12H13Cl2N3S. The maximum absolute atomic E-state index is 5.83. The van der Waals surface area contributed by atoms with E-state index in [-0.39, 0.29) is 0 Å². The van der Waals surface area contributed by atoms with Crippen molar-refractivity contribution in [2.75, 3.05) is 18.0 Å². The highest BCUT2D eigenvalue weighted by Crippen LogP contribution is 2.31. The van der Waals surface area contributed by atoms with E-state index in [0.717, 1.165) is 28.6 Å². The Bertz CT molecular complexity index is 549. The average molecular weight is 302 g/mol. The van der Waals surface area contributed by atoms with E-state index in [4.69, 9.17) is 23.2 Å². The Labute approximate surface area is 120 Å². The van der Waals surface area contributed by atoms with E-state index in [1.807, 2.05) is 12.1 Å². The molecule has 1 aliphatic rings. The predicted molar refractivity (Wildman–Crippen MR) is 77.9 cm³/mol. The van der Waals surface area contributed by atoms with Gasteiger partial charge in [-0.05, 0) is 31.4 Å². The molecule has 0 saturated carbocycles. The van der Waals surface area contributed by atoms with Gasteiger partial charge in [0.05, 0.1) is 10.4 Å². The summed E-state index contributed by atoms with van der Waals surface area (Å²) in [6, 6.07) is 3.87. The van der Waals surface area contributed by atoms with Gasteiger partial charge in [0.2, 0.25) is 0 Å². The minimum atomic E-state index is -0.588.